The Morgan fingerprint density at radius 1 is 1.69 bits per heavy atom. The molecule has 0 spiro atoms. The molecule has 0 fully saturated rings. The van der Waals surface area contributed by atoms with Crippen molar-refractivity contribution < 1.29 is 4.79 Å². The molecule has 3 heteroatoms. The molecule has 0 bridgehead atoms. The summed E-state index contributed by atoms with van der Waals surface area (Å²) in [5.41, 5.74) is 0. The second kappa shape index (κ2) is 5.02. The van der Waals surface area contributed by atoms with Gasteiger partial charge in [0.2, 0.25) is 5.91 Å². The highest BCUT2D eigenvalue weighted by molar-refractivity contribution is 7.09. The monoisotopic (exact) mass is 197 g/mol. The zero-order chi connectivity index (χ0) is 9.68. The number of nitrogens with one attached hydrogen (secondary N) is 1. The summed E-state index contributed by atoms with van der Waals surface area (Å²) in [6.45, 7) is 3.90. The lowest BCUT2D eigenvalue weighted by atomic mass is 10.2. The molecule has 13 heavy (non-hydrogen) atoms. The van der Waals surface area contributed by atoms with Gasteiger partial charge in [-0.2, -0.15) is 0 Å². The molecule has 1 atom stereocenters. The van der Waals surface area contributed by atoms with Crippen LogP contribution in [0.15, 0.2) is 17.5 Å². The fraction of sp³-hybridized carbons (Fsp3) is 0.500. The van der Waals surface area contributed by atoms with Gasteiger partial charge in [-0.15, -0.1) is 11.3 Å². The molecule has 72 valence electrons. The van der Waals surface area contributed by atoms with E-state index in [0.717, 1.165) is 6.42 Å². The summed E-state index contributed by atoms with van der Waals surface area (Å²) in [5, 5.41) is 4.99. The number of carbonyl (C=O) groups excluding carboxylic acids is 1. The summed E-state index contributed by atoms with van der Waals surface area (Å²) in [7, 11) is 0. The molecule has 0 saturated carbocycles. The maximum Gasteiger partial charge on any atom is 0.219 e. The van der Waals surface area contributed by atoms with Gasteiger partial charge in [-0.05, 0) is 18.4 Å². The van der Waals surface area contributed by atoms with E-state index >= 15 is 0 Å². The lowest BCUT2D eigenvalue weighted by Crippen LogP contribution is -2.33. The Morgan fingerprint density at radius 2 is 2.46 bits per heavy atom. The van der Waals surface area contributed by atoms with Crippen molar-refractivity contribution in [2.75, 3.05) is 0 Å². The fourth-order valence-corrected chi connectivity index (χ4v) is 1.99. The Labute approximate surface area is 83.0 Å². The Kier molecular flexibility index (Phi) is 3.96. The molecule has 2 nitrogen and oxygen atoms in total. The first-order valence-corrected chi connectivity index (χ1v) is 5.42. The van der Waals surface area contributed by atoms with Gasteiger partial charge in [0.15, 0.2) is 0 Å². The zero-order valence-electron chi connectivity index (χ0n) is 8.04. The molecule has 0 unspecified atom stereocenters. The molecule has 0 aliphatic rings. The van der Waals surface area contributed by atoms with Gasteiger partial charge in [0, 0.05) is 23.8 Å². The largest absolute Gasteiger partial charge is 0.353 e. The number of carbonyl (C=O) groups is 1. The normalized spacial score (nSPS) is 12.5. The predicted molar refractivity (Wildman–Crippen MR) is 55.9 cm³/mol. The third-order valence-electron chi connectivity index (χ3n) is 1.82. The number of amides is 1. The number of thiophene rings is 1. The highest BCUT2D eigenvalue weighted by Crippen LogP contribution is 2.10. The first-order valence-electron chi connectivity index (χ1n) is 4.54. The molecule has 0 aliphatic carbocycles. The van der Waals surface area contributed by atoms with Gasteiger partial charge in [0.25, 0.3) is 0 Å². The summed E-state index contributed by atoms with van der Waals surface area (Å²) in [6, 6.07) is 4.37. The molecule has 1 rings (SSSR count). The van der Waals surface area contributed by atoms with E-state index < -0.39 is 0 Å². The van der Waals surface area contributed by atoms with Crippen molar-refractivity contribution >= 4 is 17.2 Å². The SMILES string of the molecule is CCC(=O)N[C@H](C)Cc1cccs1. The lowest BCUT2D eigenvalue weighted by Gasteiger charge is -2.11. The quantitative estimate of drug-likeness (QED) is 0.787. The first-order chi connectivity index (χ1) is 6.22. The van der Waals surface area contributed by atoms with E-state index in [4.69, 9.17) is 0 Å². The van der Waals surface area contributed by atoms with Crippen LogP contribution in [-0.4, -0.2) is 11.9 Å². The van der Waals surface area contributed by atoms with Crippen molar-refractivity contribution in [3.8, 4) is 0 Å². The number of hydrogen-bond acceptors (Lipinski definition) is 2. The summed E-state index contributed by atoms with van der Waals surface area (Å²) >= 11 is 1.73. The van der Waals surface area contributed by atoms with Crippen molar-refractivity contribution in [3.05, 3.63) is 22.4 Å². The molecule has 0 radical (unpaired) electrons. The summed E-state index contributed by atoms with van der Waals surface area (Å²) in [5.74, 6) is 0.129. The van der Waals surface area contributed by atoms with Crippen LogP contribution < -0.4 is 5.32 Å². The van der Waals surface area contributed by atoms with Crippen LogP contribution in [0.2, 0.25) is 0 Å². The second-order valence-corrected chi connectivity index (χ2v) is 4.14. The van der Waals surface area contributed by atoms with Gasteiger partial charge in [0.05, 0.1) is 0 Å². The van der Waals surface area contributed by atoms with Crippen LogP contribution in [0.5, 0.6) is 0 Å². The average molecular weight is 197 g/mol. The Bertz CT molecular complexity index is 256. The minimum absolute atomic E-state index is 0.129. The molecular weight excluding hydrogens is 182 g/mol. The van der Waals surface area contributed by atoms with E-state index in [-0.39, 0.29) is 11.9 Å². The van der Waals surface area contributed by atoms with Crippen LogP contribution in [0.1, 0.15) is 25.1 Å². The predicted octanol–water partition coefficient (Wildman–Crippen LogP) is 2.21. The van der Waals surface area contributed by atoms with Crippen LogP contribution >= 0.6 is 11.3 Å². The van der Waals surface area contributed by atoms with E-state index in [1.54, 1.807) is 11.3 Å². The highest BCUT2D eigenvalue weighted by Gasteiger charge is 2.06. The van der Waals surface area contributed by atoms with E-state index in [0.29, 0.717) is 6.42 Å². The van der Waals surface area contributed by atoms with Gasteiger partial charge in [-0.25, -0.2) is 0 Å². The maximum absolute atomic E-state index is 11.0. The van der Waals surface area contributed by atoms with Crippen molar-refractivity contribution in [2.24, 2.45) is 0 Å². The number of rotatable bonds is 4. The Morgan fingerprint density at radius 3 is 3.00 bits per heavy atom. The van der Waals surface area contributed by atoms with E-state index in [9.17, 15) is 4.79 Å². The summed E-state index contributed by atoms with van der Waals surface area (Å²) in [4.78, 5) is 12.4. The molecule has 1 aromatic rings. The van der Waals surface area contributed by atoms with E-state index in [1.165, 1.54) is 4.88 Å². The molecule has 1 aromatic heterocycles. The molecule has 1 amide bonds. The zero-order valence-corrected chi connectivity index (χ0v) is 8.86. The van der Waals surface area contributed by atoms with Crippen LogP contribution in [0.4, 0.5) is 0 Å². The lowest BCUT2D eigenvalue weighted by molar-refractivity contribution is -0.121. The average Bonchev–Trinajstić information content (AvgIpc) is 2.56. The topological polar surface area (TPSA) is 29.1 Å². The standard InChI is InChI=1S/C10H15NOS/c1-3-10(12)11-8(2)7-9-5-4-6-13-9/h4-6,8H,3,7H2,1-2H3,(H,11,12)/t8-/m1/s1. The van der Waals surface area contributed by atoms with Gasteiger partial charge in [-0.1, -0.05) is 13.0 Å². The van der Waals surface area contributed by atoms with Crippen molar-refractivity contribution in [2.45, 2.75) is 32.7 Å². The minimum atomic E-state index is 0.129. The van der Waals surface area contributed by atoms with Crippen molar-refractivity contribution in [1.82, 2.24) is 5.32 Å². The van der Waals surface area contributed by atoms with Crippen LogP contribution in [0, 0.1) is 0 Å². The molecule has 0 aromatic carbocycles. The van der Waals surface area contributed by atoms with Crippen LogP contribution in [0.25, 0.3) is 0 Å². The molecular formula is C10H15NOS. The van der Waals surface area contributed by atoms with Crippen LogP contribution in [0.3, 0.4) is 0 Å². The first kappa shape index (κ1) is 10.3. The highest BCUT2D eigenvalue weighted by atomic mass is 32.1. The minimum Gasteiger partial charge on any atom is -0.353 e. The van der Waals surface area contributed by atoms with Gasteiger partial charge in [-0.3, -0.25) is 4.79 Å². The summed E-state index contributed by atoms with van der Waals surface area (Å²) < 4.78 is 0. The molecule has 0 aliphatic heterocycles. The second-order valence-electron chi connectivity index (χ2n) is 3.11. The maximum atomic E-state index is 11.0. The Hall–Kier alpha value is -0.830. The fourth-order valence-electron chi connectivity index (χ4n) is 1.16. The Balaban J connectivity index is 2.33. The molecule has 1 N–H and O–H groups in total. The molecule has 0 saturated heterocycles. The van der Waals surface area contributed by atoms with Crippen molar-refractivity contribution in [3.63, 3.8) is 0 Å². The van der Waals surface area contributed by atoms with Gasteiger partial charge in [0.1, 0.15) is 0 Å². The summed E-state index contributed by atoms with van der Waals surface area (Å²) in [6.07, 6.45) is 1.50. The third kappa shape index (κ3) is 3.59. The van der Waals surface area contributed by atoms with Gasteiger partial charge >= 0.3 is 0 Å². The van der Waals surface area contributed by atoms with Crippen LogP contribution in [-0.2, 0) is 11.2 Å². The van der Waals surface area contributed by atoms with E-state index in [2.05, 4.69) is 16.8 Å². The van der Waals surface area contributed by atoms with E-state index in [1.807, 2.05) is 19.9 Å². The smallest absolute Gasteiger partial charge is 0.219 e. The molecule has 1 heterocycles. The van der Waals surface area contributed by atoms with Crippen molar-refractivity contribution in [1.29, 1.82) is 0 Å². The third-order valence-corrected chi connectivity index (χ3v) is 2.71. The number of hydrogen-bond donors (Lipinski definition) is 1. The van der Waals surface area contributed by atoms with Gasteiger partial charge < -0.3 is 5.32 Å².